The minimum absolute atomic E-state index is 0.797. The molecule has 0 aromatic heterocycles. The van der Waals surface area contributed by atoms with E-state index in [1.54, 1.807) is 34.6 Å². The Bertz CT molecular complexity index is 888. The van der Waals surface area contributed by atoms with Gasteiger partial charge in [0.2, 0.25) is 11.6 Å². The van der Waals surface area contributed by atoms with Crippen LogP contribution in [-0.4, -0.2) is 17.5 Å². The average Bonchev–Trinajstić information content (AvgIpc) is 3.16. The molecule has 0 heterocycles. The normalized spacial score (nSPS) is 20.7. The first-order valence-electron chi connectivity index (χ1n) is 8.87. The van der Waals surface area contributed by atoms with Crippen LogP contribution < -0.4 is 0 Å². The van der Waals surface area contributed by atoms with Gasteiger partial charge in [0.25, 0.3) is 0 Å². The fraction of sp³-hybridized carbons (Fsp3) is 0.500. The summed E-state index contributed by atoms with van der Waals surface area (Å²) >= 11 is 0. The van der Waals surface area contributed by atoms with E-state index < -0.39 is 81.9 Å². The maximum atomic E-state index is 14.1. The molecule has 1 saturated carbocycles. The van der Waals surface area contributed by atoms with E-state index in [0.29, 0.717) is 0 Å². The average molecular weight is 438 g/mol. The van der Waals surface area contributed by atoms with Crippen LogP contribution in [0.5, 0.6) is 0 Å². The van der Waals surface area contributed by atoms with Crippen LogP contribution in [0, 0.1) is 46.3 Å². The monoisotopic (exact) mass is 438 g/mol. The molecule has 0 bridgehead atoms. The van der Waals surface area contributed by atoms with Crippen LogP contribution in [0.25, 0.3) is 0 Å². The highest BCUT2D eigenvalue weighted by molar-refractivity contribution is 5.87. The molecular formula is C20H20F6O4. The van der Waals surface area contributed by atoms with Crippen LogP contribution in [0.15, 0.2) is 11.9 Å². The van der Waals surface area contributed by atoms with Gasteiger partial charge in [-0.15, -0.1) is 0 Å². The van der Waals surface area contributed by atoms with Crippen LogP contribution in [0.1, 0.15) is 40.2 Å². The lowest BCUT2D eigenvalue weighted by Crippen LogP contribution is -2.24. The molecule has 1 aliphatic carbocycles. The third-order valence-corrected chi connectivity index (χ3v) is 4.74. The fourth-order valence-electron chi connectivity index (χ4n) is 3.00. The van der Waals surface area contributed by atoms with Crippen molar-refractivity contribution in [2.45, 2.75) is 46.8 Å². The summed E-state index contributed by atoms with van der Waals surface area (Å²) in [5.41, 5.74) is -3.11. The van der Waals surface area contributed by atoms with Crippen LogP contribution >= 0.6 is 0 Å². The lowest BCUT2D eigenvalue weighted by Gasteiger charge is -2.18. The Morgan fingerprint density at radius 1 is 0.967 bits per heavy atom. The molecule has 0 N–H and O–H groups in total. The molecule has 4 nitrogen and oxygen atoms in total. The van der Waals surface area contributed by atoms with E-state index in [1.807, 2.05) is 0 Å². The molecule has 0 aliphatic heterocycles. The molecule has 10 heteroatoms. The summed E-state index contributed by atoms with van der Waals surface area (Å²) in [5, 5.41) is 0. The predicted molar refractivity (Wildman–Crippen MR) is 91.8 cm³/mol. The largest absolute Gasteiger partial charge is 0.460 e. The lowest BCUT2D eigenvalue weighted by atomic mass is 10.1. The van der Waals surface area contributed by atoms with Crippen molar-refractivity contribution in [2.75, 3.05) is 0 Å². The smallest absolute Gasteiger partial charge is 0.367 e. The molecule has 1 aliphatic rings. The molecule has 30 heavy (non-hydrogen) atoms. The molecule has 0 amide bonds. The van der Waals surface area contributed by atoms with Crippen molar-refractivity contribution in [1.82, 2.24) is 0 Å². The third kappa shape index (κ3) is 4.62. The summed E-state index contributed by atoms with van der Waals surface area (Å²) in [6, 6.07) is 0. The topological polar surface area (TPSA) is 52.6 Å². The zero-order valence-corrected chi connectivity index (χ0v) is 16.8. The standard InChI is InChI=1S/C20H20F6O4/c1-19(2,3)30-17(27)10(21)6-9-11(20(9,4)5)18(28)29-7-8-12(22)14(24)16(26)15(25)13(8)23/h6,9,11H,7H2,1-5H3/b10-6+/t9-,11-/m0/s1. The number of hydrogen-bond donors (Lipinski definition) is 0. The van der Waals surface area contributed by atoms with Gasteiger partial charge in [0, 0.05) is 0 Å². The number of carbonyl (C=O) groups is 2. The van der Waals surface area contributed by atoms with Crippen LogP contribution in [0.3, 0.4) is 0 Å². The van der Waals surface area contributed by atoms with Crippen molar-refractivity contribution in [3.8, 4) is 0 Å². The van der Waals surface area contributed by atoms with Crippen LogP contribution in [-0.2, 0) is 25.7 Å². The van der Waals surface area contributed by atoms with Crippen molar-refractivity contribution in [2.24, 2.45) is 17.3 Å². The number of halogens is 6. The van der Waals surface area contributed by atoms with Gasteiger partial charge in [0.1, 0.15) is 12.2 Å². The number of hydrogen-bond acceptors (Lipinski definition) is 4. The number of allylic oxidation sites excluding steroid dienone is 1. The first-order chi connectivity index (χ1) is 13.6. The summed E-state index contributed by atoms with van der Waals surface area (Å²) in [4.78, 5) is 24.0. The van der Waals surface area contributed by atoms with Gasteiger partial charge in [-0.2, -0.15) is 4.39 Å². The van der Waals surface area contributed by atoms with Gasteiger partial charge in [0.05, 0.1) is 11.5 Å². The van der Waals surface area contributed by atoms with Gasteiger partial charge < -0.3 is 9.47 Å². The van der Waals surface area contributed by atoms with Crippen molar-refractivity contribution in [3.63, 3.8) is 0 Å². The molecule has 0 saturated heterocycles. The molecule has 2 atom stereocenters. The molecule has 0 spiro atoms. The quantitative estimate of drug-likeness (QED) is 0.216. The molecule has 1 fully saturated rings. The summed E-state index contributed by atoms with van der Waals surface area (Å²) in [5.74, 6) is -16.1. The van der Waals surface area contributed by atoms with Gasteiger partial charge in [-0.05, 0) is 38.2 Å². The van der Waals surface area contributed by atoms with E-state index in [-0.39, 0.29) is 0 Å². The number of rotatable bonds is 5. The van der Waals surface area contributed by atoms with Crippen LogP contribution in [0.2, 0.25) is 0 Å². The Morgan fingerprint density at radius 2 is 1.43 bits per heavy atom. The number of benzene rings is 1. The Morgan fingerprint density at radius 3 is 1.90 bits per heavy atom. The molecule has 1 aromatic carbocycles. The Hall–Kier alpha value is -2.52. The highest BCUT2D eigenvalue weighted by Gasteiger charge is 2.62. The van der Waals surface area contributed by atoms with Gasteiger partial charge >= 0.3 is 11.9 Å². The van der Waals surface area contributed by atoms with Crippen molar-refractivity contribution in [3.05, 3.63) is 46.6 Å². The van der Waals surface area contributed by atoms with Gasteiger partial charge in [-0.25, -0.2) is 26.7 Å². The minimum Gasteiger partial charge on any atom is -0.460 e. The van der Waals surface area contributed by atoms with E-state index >= 15 is 0 Å². The van der Waals surface area contributed by atoms with Crippen LogP contribution in [0.4, 0.5) is 26.3 Å². The van der Waals surface area contributed by atoms with Crippen molar-refractivity contribution in [1.29, 1.82) is 0 Å². The second-order valence-corrected chi connectivity index (χ2v) is 8.50. The maximum absolute atomic E-state index is 14.1. The SMILES string of the molecule is CC(C)(C)OC(=O)/C(F)=C\[C@H]1[C@@H](C(=O)OCc2c(F)c(F)c(F)c(F)c2F)C1(C)C. The van der Waals surface area contributed by atoms with Crippen molar-refractivity contribution >= 4 is 11.9 Å². The Kier molecular flexibility index (Phi) is 6.30. The maximum Gasteiger partial charge on any atom is 0.367 e. The van der Waals surface area contributed by atoms with Gasteiger partial charge in [-0.3, -0.25) is 4.79 Å². The predicted octanol–water partition coefficient (Wildman–Crippen LogP) is 4.89. The van der Waals surface area contributed by atoms with E-state index in [9.17, 15) is 35.9 Å². The summed E-state index contributed by atoms with van der Waals surface area (Å²) < 4.78 is 90.5. The number of esters is 2. The third-order valence-electron chi connectivity index (χ3n) is 4.74. The molecule has 166 valence electrons. The first kappa shape index (κ1) is 23.8. The minimum atomic E-state index is -2.33. The van der Waals surface area contributed by atoms with E-state index in [2.05, 4.69) is 0 Å². The van der Waals surface area contributed by atoms with Gasteiger partial charge in [-0.1, -0.05) is 13.8 Å². The molecule has 1 aromatic rings. The first-order valence-corrected chi connectivity index (χ1v) is 8.87. The summed E-state index contributed by atoms with van der Waals surface area (Å²) in [6.45, 7) is 6.53. The summed E-state index contributed by atoms with van der Waals surface area (Å²) in [6.07, 6.45) is 0.887. The second-order valence-electron chi connectivity index (χ2n) is 8.50. The molecule has 0 radical (unpaired) electrons. The zero-order valence-electron chi connectivity index (χ0n) is 16.8. The molecule has 2 rings (SSSR count). The fourth-order valence-corrected chi connectivity index (χ4v) is 3.00. The Labute approximate surface area is 168 Å². The van der Waals surface area contributed by atoms with E-state index in [4.69, 9.17) is 9.47 Å². The second kappa shape index (κ2) is 7.96. The highest BCUT2D eigenvalue weighted by Crippen LogP contribution is 2.60. The van der Waals surface area contributed by atoms with E-state index in [0.717, 1.165) is 6.08 Å². The number of carbonyl (C=O) groups excluding carboxylic acids is 2. The summed E-state index contributed by atoms with van der Waals surface area (Å²) in [7, 11) is 0. The van der Waals surface area contributed by atoms with Crippen molar-refractivity contribution < 1.29 is 45.4 Å². The number of ether oxygens (including phenoxy) is 2. The zero-order chi connectivity index (χ0) is 23.2. The van der Waals surface area contributed by atoms with Gasteiger partial charge in [0.15, 0.2) is 23.3 Å². The molecular weight excluding hydrogens is 418 g/mol. The Balaban J connectivity index is 2.12. The lowest BCUT2D eigenvalue weighted by molar-refractivity contribution is -0.152. The molecule has 0 unspecified atom stereocenters. The highest BCUT2D eigenvalue weighted by atomic mass is 19.2. The van der Waals surface area contributed by atoms with E-state index in [1.165, 1.54) is 0 Å².